The van der Waals surface area contributed by atoms with Crippen LogP contribution in [0.2, 0.25) is 0 Å². The molecule has 4 rings (SSSR count). The minimum atomic E-state index is -3.77. The smallest absolute Gasteiger partial charge is 0.278 e. The van der Waals surface area contributed by atoms with E-state index in [1.807, 2.05) is 18.2 Å². The van der Waals surface area contributed by atoms with Crippen LogP contribution >= 0.6 is 0 Å². The highest BCUT2D eigenvalue weighted by atomic mass is 32.2. The van der Waals surface area contributed by atoms with Crippen LogP contribution in [-0.4, -0.2) is 22.8 Å². The molecular formula is C16H12N4O2S. The molecule has 0 radical (unpaired) electrons. The Morgan fingerprint density at radius 1 is 0.913 bits per heavy atom. The van der Waals surface area contributed by atoms with Gasteiger partial charge in [-0.2, -0.15) is 8.42 Å². The van der Waals surface area contributed by atoms with E-state index in [2.05, 4.69) is 14.7 Å². The first-order valence-electron chi connectivity index (χ1n) is 6.94. The number of nitrogens with one attached hydrogen (secondary N) is 1. The van der Waals surface area contributed by atoms with Crippen molar-refractivity contribution in [3.05, 3.63) is 67.1 Å². The largest absolute Gasteiger partial charge is 0.289 e. The Hall–Kier alpha value is -2.93. The van der Waals surface area contributed by atoms with Crippen LogP contribution in [0.4, 0.5) is 5.69 Å². The zero-order chi connectivity index (χ0) is 15.9. The Bertz CT molecular complexity index is 1110. The van der Waals surface area contributed by atoms with Gasteiger partial charge in [-0.1, -0.05) is 24.3 Å². The molecule has 0 aliphatic heterocycles. The molecule has 0 aliphatic rings. The van der Waals surface area contributed by atoms with Crippen molar-refractivity contribution in [3.63, 3.8) is 0 Å². The maximum absolute atomic E-state index is 12.8. The van der Waals surface area contributed by atoms with Gasteiger partial charge in [0.2, 0.25) is 0 Å². The topological polar surface area (TPSA) is 76.4 Å². The van der Waals surface area contributed by atoms with Crippen LogP contribution in [0.5, 0.6) is 0 Å². The zero-order valence-electron chi connectivity index (χ0n) is 11.9. The number of hydrogen-bond acceptors (Lipinski definition) is 4. The number of rotatable bonds is 3. The molecule has 6 nitrogen and oxygen atoms in total. The summed E-state index contributed by atoms with van der Waals surface area (Å²) in [6, 6.07) is 14.0. The number of imidazole rings is 1. The maximum atomic E-state index is 12.8. The third kappa shape index (κ3) is 2.31. The number of para-hydroxylation sites is 1. The Balaban J connectivity index is 1.85. The Kier molecular flexibility index (Phi) is 3.02. The number of pyridine rings is 2. The molecule has 0 atom stereocenters. The van der Waals surface area contributed by atoms with Crippen molar-refractivity contribution < 1.29 is 8.42 Å². The molecule has 0 saturated heterocycles. The molecule has 3 heterocycles. The highest BCUT2D eigenvalue weighted by Gasteiger charge is 2.19. The van der Waals surface area contributed by atoms with E-state index in [-0.39, 0.29) is 5.03 Å². The van der Waals surface area contributed by atoms with Crippen LogP contribution in [-0.2, 0) is 10.0 Å². The maximum Gasteiger partial charge on any atom is 0.278 e. The summed E-state index contributed by atoms with van der Waals surface area (Å²) in [5, 5.41) is 0.994. The van der Waals surface area contributed by atoms with Gasteiger partial charge in [-0.15, -0.1) is 0 Å². The summed E-state index contributed by atoms with van der Waals surface area (Å²) in [6.07, 6.45) is 4.82. The molecule has 3 aromatic heterocycles. The van der Waals surface area contributed by atoms with Gasteiger partial charge in [0.05, 0.1) is 11.2 Å². The first-order valence-corrected chi connectivity index (χ1v) is 8.42. The third-order valence-electron chi connectivity index (χ3n) is 3.54. The fourth-order valence-corrected chi connectivity index (χ4v) is 3.75. The number of aromatic nitrogens is 3. The normalized spacial score (nSPS) is 11.8. The average molecular weight is 324 g/mol. The van der Waals surface area contributed by atoms with Gasteiger partial charge in [0.15, 0.2) is 5.03 Å². The van der Waals surface area contributed by atoms with Gasteiger partial charge in [0.25, 0.3) is 10.0 Å². The van der Waals surface area contributed by atoms with Crippen molar-refractivity contribution in [2.24, 2.45) is 0 Å². The summed E-state index contributed by atoms with van der Waals surface area (Å²) in [5.74, 6) is 0. The summed E-state index contributed by atoms with van der Waals surface area (Å²) in [4.78, 5) is 8.37. The molecular weight excluding hydrogens is 312 g/mol. The average Bonchev–Trinajstić information content (AvgIpc) is 3.03. The first-order chi connectivity index (χ1) is 11.1. The van der Waals surface area contributed by atoms with Crippen molar-refractivity contribution in [3.8, 4) is 0 Å². The quantitative estimate of drug-likeness (QED) is 0.628. The lowest BCUT2D eigenvalue weighted by Gasteiger charge is -2.11. The highest BCUT2D eigenvalue weighted by molar-refractivity contribution is 7.92. The van der Waals surface area contributed by atoms with Crippen LogP contribution in [0.25, 0.3) is 16.6 Å². The van der Waals surface area contributed by atoms with E-state index in [0.717, 1.165) is 5.39 Å². The van der Waals surface area contributed by atoms with Crippen LogP contribution in [0, 0.1) is 0 Å². The summed E-state index contributed by atoms with van der Waals surface area (Å²) >= 11 is 0. The van der Waals surface area contributed by atoms with Gasteiger partial charge in [-0.3, -0.25) is 14.1 Å². The second-order valence-corrected chi connectivity index (χ2v) is 6.63. The summed E-state index contributed by atoms with van der Waals surface area (Å²) in [5.41, 5.74) is 1.63. The van der Waals surface area contributed by atoms with Crippen molar-refractivity contribution in [1.82, 2.24) is 14.4 Å². The molecule has 0 amide bonds. The monoisotopic (exact) mass is 324 g/mol. The Morgan fingerprint density at radius 3 is 2.65 bits per heavy atom. The minimum absolute atomic E-state index is 0.125. The second-order valence-electron chi connectivity index (χ2n) is 5.01. The van der Waals surface area contributed by atoms with Gasteiger partial charge in [-0.05, 0) is 24.3 Å². The molecule has 4 aromatic rings. The minimum Gasteiger partial charge on any atom is -0.289 e. The van der Waals surface area contributed by atoms with Gasteiger partial charge >= 0.3 is 0 Å². The lowest BCUT2D eigenvalue weighted by atomic mass is 10.2. The van der Waals surface area contributed by atoms with E-state index in [4.69, 9.17) is 0 Å². The fourth-order valence-electron chi connectivity index (χ4n) is 2.52. The van der Waals surface area contributed by atoms with Crippen molar-refractivity contribution in [1.29, 1.82) is 0 Å². The Labute approximate surface area is 132 Å². The van der Waals surface area contributed by atoms with Gasteiger partial charge in [0, 0.05) is 24.0 Å². The van der Waals surface area contributed by atoms with Crippen LogP contribution in [0.15, 0.2) is 72.1 Å². The molecule has 0 unspecified atom stereocenters. The summed E-state index contributed by atoms with van der Waals surface area (Å²) in [6.45, 7) is 0. The van der Waals surface area contributed by atoms with Gasteiger partial charge in [-0.25, -0.2) is 4.98 Å². The first kappa shape index (κ1) is 13.7. The molecule has 7 heteroatoms. The number of nitrogens with zero attached hydrogens (tertiary/aromatic N) is 3. The van der Waals surface area contributed by atoms with Gasteiger partial charge < -0.3 is 0 Å². The van der Waals surface area contributed by atoms with Crippen molar-refractivity contribution in [2.75, 3.05) is 4.72 Å². The third-order valence-corrected chi connectivity index (χ3v) is 4.92. The lowest BCUT2D eigenvalue weighted by molar-refractivity contribution is 0.596. The summed E-state index contributed by atoms with van der Waals surface area (Å²) < 4.78 is 29.7. The molecule has 1 N–H and O–H groups in total. The number of hydrogen-bond donors (Lipinski definition) is 1. The van der Waals surface area contributed by atoms with E-state index in [9.17, 15) is 8.42 Å². The lowest BCUT2D eigenvalue weighted by Crippen LogP contribution is -2.16. The Morgan fingerprint density at radius 2 is 1.74 bits per heavy atom. The molecule has 1 aromatic carbocycles. The SMILES string of the molecule is O=S(=O)(Nc1cccc2cccnc12)c1cccc2nccn12. The number of anilines is 1. The predicted octanol–water partition coefficient (Wildman–Crippen LogP) is 2.68. The standard InChI is InChI=1S/C16H12N4O2S/c21-23(22,15-8-2-7-14-17-10-11-20(14)15)19-13-6-1-4-12-5-3-9-18-16(12)13/h1-11,19H. The number of benzene rings is 1. The predicted molar refractivity (Wildman–Crippen MR) is 87.7 cm³/mol. The van der Waals surface area contributed by atoms with Crippen LogP contribution < -0.4 is 4.72 Å². The molecule has 0 bridgehead atoms. The molecule has 0 spiro atoms. The zero-order valence-corrected chi connectivity index (χ0v) is 12.7. The molecule has 0 aliphatic carbocycles. The highest BCUT2D eigenvalue weighted by Crippen LogP contribution is 2.24. The van der Waals surface area contributed by atoms with E-state index in [1.165, 1.54) is 10.5 Å². The number of fused-ring (bicyclic) bond motifs is 2. The second kappa shape index (κ2) is 5.06. The fraction of sp³-hybridized carbons (Fsp3) is 0. The summed E-state index contributed by atoms with van der Waals surface area (Å²) in [7, 11) is -3.77. The molecule has 114 valence electrons. The molecule has 23 heavy (non-hydrogen) atoms. The van der Waals surface area contributed by atoms with E-state index >= 15 is 0 Å². The van der Waals surface area contributed by atoms with Crippen LogP contribution in [0.3, 0.4) is 0 Å². The van der Waals surface area contributed by atoms with Gasteiger partial charge in [0.1, 0.15) is 5.65 Å². The van der Waals surface area contributed by atoms with Crippen molar-refractivity contribution in [2.45, 2.75) is 5.03 Å². The van der Waals surface area contributed by atoms with E-state index < -0.39 is 10.0 Å². The van der Waals surface area contributed by atoms with Crippen LogP contribution in [0.1, 0.15) is 0 Å². The number of sulfonamides is 1. The van der Waals surface area contributed by atoms with Crippen molar-refractivity contribution >= 4 is 32.3 Å². The molecule has 0 saturated carbocycles. The van der Waals surface area contributed by atoms with E-state index in [1.54, 1.807) is 42.9 Å². The van der Waals surface area contributed by atoms with E-state index in [0.29, 0.717) is 16.9 Å². The molecule has 0 fully saturated rings.